The Bertz CT molecular complexity index is 861. The molecule has 0 aliphatic carbocycles. The van der Waals surface area contributed by atoms with E-state index < -0.39 is 0 Å². The van der Waals surface area contributed by atoms with Gasteiger partial charge in [0.2, 0.25) is 0 Å². The van der Waals surface area contributed by atoms with Crippen molar-refractivity contribution in [3.63, 3.8) is 0 Å². The second kappa shape index (κ2) is 6.29. The highest BCUT2D eigenvalue weighted by molar-refractivity contribution is 5.96. The molecule has 0 spiro atoms. The van der Waals surface area contributed by atoms with Gasteiger partial charge in [0.1, 0.15) is 5.69 Å². The Morgan fingerprint density at radius 2 is 1.83 bits per heavy atom. The lowest BCUT2D eigenvalue weighted by Crippen LogP contribution is -2.12. The van der Waals surface area contributed by atoms with Gasteiger partial charge < -0.3 is 9.30 Å². The first-order valence-electron chi connectivity index (χ1n) is 7.91. The van der Waals surface area contributed by atoms with Crippen LogP contribution in [0.2, 0.25) is 0 Å². The van der Waals surface area contributed by atoms with E-state index in [4.69, 9.17) is 4.74 Å². The summed E-state index contributed by atoms with van der Waals surface area (Å²) >= 11 is 0. The first-order valence-corrected chi connectivity index (χ1v) is 7.91. The van der Waals surface area contributed by atoms with Crippen molar-refractivity contribution in [2.75, 3.05) is 6.61 Å². The number of carbonyl (C=O) groups is 1. The molecule has 1 aromatic heterocycles. The predicted octanol–water partition coefficient (Wildman–Crippen LogP) is 4.48. The predicted molar refractivity (Wildman–Crippen MR) is 92.9 cm³/mol. The van der Waals surface area contributed by atoms with Gasteiger partial charge in [-0.1, -0.05) is 41.5 Å². The lowest BCUT2D eigenvalue weighted by Gasteiger charge is -2.11. The van der Waals surface area contributed by atoms with Gasteiger partial charge in [0.15, 0.2) is 0 Å². The van der Waals surface area contributed by atoms with Crippen LogP contribution in [0.3, 0.4) is 0 Å². The molecule has 118 valence electrons. The molecule has 1 heterocycles. The molecule has 23 heavy (non-hydrogen) atoms. The molecule has 3 aromatic rings. The van der Waals surface area contributed by atoms with Crippen molar-refractivity contribution in [1.29, 1.82) is 0 Å². The van der Waals surface area contributed by atoms with Crippen LogP contribution in [-0.4, -0.2) is 17.1 Å². The zero-order chi connectivity index (χ0) is 16.4. The number of esters is 1. The Labute approximate surface area is 136 Å². The van der Waals surface area contributed by atoms with Gasteiger partial charge in [0.25, 0.3) is 0 Å². The summed E-state index contributed by atoms with van der Waals surface area (Å²) in [4.78, 5) is 12.3. The van der Waals surface area contributed by atoms with Crippen molar-refractivity contribution in [2.45, 2.75) is 27.3 Å². The van der Waals surface area contributed by atoms with E-state index in [2.05, 4.69) is 50.2 Å². The van der Waals surface area contributed by atoms with E-state index in [1.54, 1.807) is 0 Å². The van der Waals surface area contributed by atoms with Crippen LogP contribution in [0.5, 0.6) is 0 Å². The molecular formula is C20H21NO2. The Kier molecular flexibility index (Phi) is 4.20. The van der Waals surface area contributed by atoms with E-state index in [0.29, 0.717) is 18.8 Å². The fraction of sp³-hybridized carbons (Fsp3) is 0.250. The highest BCUT2D eigenvalue weighted by atomic mass is 16.5. The van der Waals surface area contributed by atoms with Crippen LogP contribution in [0.25, 0.3) is 10.9 Å². The maximum absolute atomic E-state index is 12.3. The van der Waals surface area contributed by atoms with Gasteiger partial charge in [0, 0.05) is 17.4 Å². The fourth-order valence-electron chi connectivity index (χ4n) is 2.93. The fourth-order valence-corrected chi connectivity index (χ4v) is 2.93. The van der Waals surface area contributed by atoms with Crippen LogP contribution in [0.1, 0.15) is 34.1 Å². The van der Waals surface area contributed by atoms with Crippen LogP contribution in [0, 0.1) is 13.8 Å². The van der Waals surface area contributed by atoms with Crippen LogP contribution >= 0.6 is 0 Å². The SMILES string of the molecule is CCOC(=O)c1cc2cc(C)ccc2n1Cc1cccc(C)c1. The second-order valence-electron chi connectivity index (χ2n) is 5.89. The minimum absolute atomic E-state index is 0.269. The Balaban J connectivity index is 2.11. The van der Waals surface area contributed by atoms with Crippen molar-refractivity contribution in [2.24, 2.45) is 0 Å². The van der Waals surface area contributed by atoms with Gasteiger partial charge >= 0.3 is 5.97 Å². The molecule has 0 aliphatic rings. The molecule has 2 aromatic carbocycles. The molecule has 3 heteroatoms. The summed E-state index contributed by atoms with van der Waals surface area (Å²) in [6.45, 7) is 7.00. The summed E-state index contributed by atoms with van der Waals surface area (Å²) in [5.74, 6) is -0.269. The largest absolute Gasteiger partial charge is 0.461 e. The maximum Gasteiger partial charge on any atom is 0.354 e. The van der Waals surface area contributed by atoms with Crippen molar-refractivity contribution in [3.05, 3.63) is 70.9 Å². The summed E-state index contributed by atoms with van der Waals surface area (Å²) in [5.41, 5.74) is 5.23. The molecule has 0 saturated heterocycles. The van der Waals surface area contributed by atoms with Crippen molar-refractivity contribution in [3.8, 4) is 0 Å². The lowest BCUT2D eigenvalue weighted by molar-refractivity contribution is 0.0515. The summed E-state index contributed by atoms with van der Waals surface area (Å²) in [6.07, 6.45) is 0. The molecule has 0 atom stereocenters. The number of aromatic nitrogens is 1. The lowest BCUT2D eigenvalue weighted by atomic mass is 10.1. The number of fused-ring (bicyclic) bond motifs is 1. The number of hydrogen-bond donors (Lipinski definition) is 0. The normalized spacial score (nSPS) is 10.9. The smallest absolute Gasteiger partial charge is 0.354 e. The Hall–Kier alpha value is -2.55. The zero-order valence-electron chi connectivity index (χ0n) is 13.8. The number of benzene rings is 2. The monoisotopic (exact) mass is 307 g/mol. The third-order valence-corrected chi connectivity index (χ3v) is 3.96. The summed E-state index contributed by atoms with van der Waals surface area (Å²) in [5, 5.41) is 1.07. The summed E-state index contributed by atoms with van der Waals surface area (Å²) < 4.78 is 7.27. The van der Waals surface area contributed by atoms with Crippen molar-refractivity contribution >= 4 is 16.9 Å². The summed E-state index contributed by atoms with van der Waals surface area (Å²) in [6, 6.07) is 16.5. The van der Waals surface area contributed by atoms with Gasteiger partial charge in [-0.3, -0.25) is 0 Å². The maximum atomic E-state index is 12.3. The van der Waals surface area contributed by atoms with Crippen LogP contribution in [0.15, 0.2) is 48.5 Å². The zero-order valence-corrected chi connectivity index (χ0v) is 13.8. The molecule has 0 saturated carbocycles. The highest BCUT2D eigenvalue weighted by Crippen LogP contribution is 2.23. The average molecular weight is 307 g/mol. The molecule has 0 bridgehead atoms. The third-order valence-electron chi connectivity index (χ3n) is 3.96. The van der Waals surface area contributed by atoms with E-state index >= 15 is 0 Å². The number of hydrogen-bond acceptors (Lipinski definition) is 2. The molecule has 3 rings (SSSR count). The van der Waals surface area contributed by atoms with E-state index in [1.165, 1.54) is 16.7 Å². The first kappa shape index (κ1) is 15.3. The molecule has 0 fully saturated rings. The molecular weight excluding hydrogens is 286 g/mol. The highest BCUT2D eigenvalue weighted by Gasteiger charge is 2.17. The molecule has 0 radical (unpaired) electrons. The average Bonchev–Trinajstić information content (AvgIpc) is 2.85. The number of nitrogens with zero attached hydrogens (tertiary/aromatic N) is 1. The van der Waals surface area contributed by atoms with Gasteiger partial charge in [-0.25, -0.2) is 4.79 Å². The van der Waals surface area contributed by atoms with Crippen molar-refractivity contribution < 1.29 is 9.53 Å². The number of carbonyl (C=O) groups excluding carboxylic acids is 1. The molecule has 0 amide bonds. The molecule has 3 nitrogen and oxygen atoms in total. The van der Waals surface area contributed by atoms with Gasteiger partial charge in [0.05, 0.1) is 6.61 Å². The van der Waals surface area contributed by atoms with Gasteiger partial charge in [-0.2, -0.15) is 0 Å². The third kappa shape index (κ3) is 3.14. The molecule has 0 unspecified atom stereocenters. The minimum Gasteiger partial charge on any atom is -0.461 e. The van der Waals surface area contributed by atoms with Crippen LogP contribution < -0.4 is 0 Å². The number of rotatable bonds is 4. The van der Waals surface area contributed by atoms with Gasteiger partial charge in [-0.05, 0) is 44.5 Å². The Morgan fingerprint density at radius 3 is 2.57 bits per heavy atom. The van der Waals surface area contributed by atoms with Crippen molar-refractivity contribution in [1.82, 2.24) is 4.57 Å². The first-order chi connectivity index (χ1) is 11.1. The number of ether oxygens (including phenoxy) is 1. The second-order valence-corrected chi connectivity index (χ2v) is 5.89. The van der Waals surface area contributed by atoms with Gasteiger partial charge in [-0.15, -0.1) is 0 Å². The van der Waals surface area contributed by atoms with E-state index in [1.807, 2.05) is 23.6 Å². The van der Waals surface area contributed by atoms with Crippen LogP contribution in [0.4, 0.5) is 0 Å². The Morgan fingerprint density at radius 1 is 1.04 bits per heavy atom. The standard InChI is InChI=1S/C20H21NO2/c1-4-23-20(22)19-12-17-11-15(3)8-9-18(17)21(19)13-16-7-5-6-14(2)10-16/h5-12H,4,13H2,1-3H3. The number of aryl methyl sites for hydroxylation is 2. The van der Waals surface area contributed by atoms with E-state index in [9.17, 15) is 4.79 Å². The topological polar surface area (TPSA) is 31.2 Å². The summed E-state index contributed by atoms with van der Waals surface area (Å²) in [7, 11) is 0. The van der Waals surface area contributed by atoms with E-state index in [0.717, 1.165) is 10.9 Å². The molecule has 0 aliphatic heterocycles. The minimum atomic E-state index is -0.269. The van der Waals surface area contributed by atoms with Crippen LogP contribution in [-0.2, 0) is 11.3 Å². The quantitative estimate of drug-likeness (QED) is 0.665. The van der Waals surface area contributed by atoms with E-state index in [-0.39, 0.29) is 5.97 Å². The molecule has 0 N–H and O–H groups in total.